The van der Waals surface area contributed by atoms with Crippen LogP contribution in [0, 0.1) is 0 Å². The van der Waals surface area contributed by atoms with Crippen LogP contribution in [0.1, 0.15) is 16.6 Å². The lowest BCUT2D eigenvalue weighted by Gasteiger charge is -2.19. The van der Waals surface area contributed by atoms with Gasteiger partial charge in [0, 0.05) is 18.7 Å². The first-order chi connectivity index (χ1) is 10.7. The molecule has 0 spiro atoms. The number of thiazole rings is 1. The Morgan fingerprint density at radius 2 is 2.13 bits per heavy atom. The smallest absolute Gasteiger partial charge is 0.380 e. The summed E-state index contributed by atoms with van der Waals surface area (Å²) in [5.74, 6) is 0. The normalized spacial score (nSPS) is 13.9. The number of alkyl halides is 3. The van der Waals surface area contributed by atoms with Crippen molar-refractivity contribution in [2.24, 2.45) is 0 Å². The molecule has 5 nitrogen and oxygen atoms in total. The second-order valence-electron chi connectivity index (χ2n) is 4.55. The highest BCUT2D eigenvalue weighted by atomic mass is 32.2. The molecule has 1 N–H and O–H groups in total. The largest absolute Gasteiger partial charge is 0.411 e. The summed E-state index contributed by atoms with van der Waals surface area (Å²) in [6, 6.07) is 3.15. The van der Waals surface area contributed by atoms with E-state index in [2.05, 4.69) is 4.98 Å². The Labute approximate surface area is 135 Å². The van der Waals surface area contributed by atoms with Crippen molar-refractivity contribution in [3.63, 3.8) is 0 Å². The fraction of sp³-hybridized carbons (Fsp3) is 0.308. The molecule has 2 aromatic rings. The molecule has 2 rings (SSSR count). The highest BCUT2D eigenvalue weighted by Crippen LogP contribution is 2.34. The first-order valence-electron chi connectivity index (χ1n) is 6.30. The van der Waals surface area contributed by atoms with Crippen molar-refractivity contribution >= 4 is 21.4 Å². The van der Waals surface area contributed by atoms with Crippen LogP contribution in [-0.4, -0.2) is 26.7 Å². The maximum absolute atomic E-state index is 13.1. The van der Waals surface area contributed by atoms with E-state index in [4.69, 9.17) is 4.74 Å². The lowest BCUT2D eigenvalue weighted by molar-refractivity contribution is -0.153. The minimum Gasteiger partial charge on any atom is -0.380 e. The van der Waals surface area contributed by atoms with Crippen LogP contribution in [0.4, 0.5) is 13.2 Å². The van der Waals surface area contributed by atoms with Crippen molar-refractivity contribution in [1.29, 1.82) is 0 Å². The Balaban J connectivity index is 2.33. The van der Waals surface area contributed by atoms with Gasteiger partial charge in [-0.25, -0.2) is 13.4 Å². The molecule has 0 radical (unpaired) electrons. The van der Waals surface area contributed by atoms with Gasteiger partial charge in [-0.15, -0.1) is 11.3 Å². The molecule has 1 atom stereocenters. The Hall–Kier alpha value is -1.49. The second-order valence-corrected chi connectivity index (χ2v) is 7.19. The number of hydrogen-bond donors (Lipinski definition) is 1. The zero-order valence-corrected chi connectivity index (χ0v) is 13.5. The third-order valence-electron chi connectivity index (χ3n) is 2.82. The molecule has 0 aliphatic heterocycles. The van der Waals surface area contributed by atoms with Crippen molar-refractivity contribution in [2.45, 2.75) is 23.7 Å². The van der Waals surface area contributed by atoms with Crippen LogP contribution >= 0.6 is 11.3 Å². The molecule has 0 saturated heterocycles. The number of nitrogens with one attached hydrogen (secondary N) is 1. The average Bonchev–Trinajstić information content (AvgIpc) is 2.98. The maximum Gasteiger partial charge on any atom is 0.411 e. The predicted octanol–water partition coefficient (Wildman–Crippen LogP) is 2.87. The van der Waals surface area contributed by atoms with Crippen molar-refractivity contribution in [3.05, 3.63) is 46.4 Å². The van der Waals surface area contributed by atoms with Crippen molar-refractivity contribution in [1.82, 2.24) is 9.71 Å². The van der Waals surface area contributed by atoms with Gasteiger partial charge in [-0.05, 0) is 17.7 Å². The van der Waals surface area contributed by atoms with Crippen molar-refractivity contribution < 1.29 is 26.3 Å². The number of methoxy groups -OCH3 is 1. The van der Waals surface area contributed by atoms with Gasteiger partial charge in [0.15, 0.2) is 6.04 Å². The molecule has 0 bridgehead atoms. The number of hydrogen-bond acceptors (Lipinski definition) is 5. The summed E-state index contributed by atoms with van der Waals surface area (Å²) in [4.78, 5) is 3.29. The van der Waals surface area contributed by atoms with E-state index in [0.717, 1.165) is 11.3 Å². The fourth-order valence-corrected chi connectivity index (χ4v) is 3.87. The first kappa shape index (κ1) is 17.9. The number of benzene rings is 1. The molecule has 0 aliphatic carbocycles. The van der Waals surface area contributed by atoms with E-state index < -0.39 is 22.2 Å². The fourth-order valence-electron chi connectivity index (χ4n) is 1.83. The Bertz CT molecular complexity index is 746. The van der Waals surface area contributed by atoms with E-state index in [1.807, 2.05) is 0 Å². The van der Waals surface area contributed by atoms with Gasteiger partial charge in [0.1, 0.15) is 5.01 Å². The van der Waals surface area contributed by atoms with Crippen LogP contribution in [0.3, 0.4) is 0 Å². The molecule has 0 saturated carbocycles. The summed E-state index contributed by atoms with van der Waals surface area (Å²) < 4.78 is 70.5. The van der Waals surface area contributed by atoms with Gasteiger partial charge in [-0.1, -0.05) is 12.1 Å². The zero-order valence-electron chi connectivity index (χ0n) is 11.9. The SMILES string of the molecule is COCc1cccc(S(=O)(=O)NC(c2nccs2)C(F)(F)F)c1. The Morgan fingerprint density at radius 1 is 1.39 bits per heavy atom. The lowest BCUT2D eigenvalue weighted by Crippen LogP contribution is -2.38. The molecule has 1 unspecified atom stereocenters. The van der Waals surface area contributed by atoms with Gasteiger partial charge in [0.05, 0.1) is 11.5 Å². The van der Waals surface area contributed by atoms with Crippen LogP contribution in [0.25, 0.3) is 0 Å². The van der Waals surface area contributed by atoms with E-state index in [1.54, 1.807) is 10.8 Å². The van der Waals surface area contributed by atoms with Crippen molar-refractivity contribution in [2.75, 3.05) is 7.11 Å². The number of ether oxygens (including phenoxy) is 1. The van der Waals surface area contributed by atoms with Gasteiger partial charge in [0.2, 0.25) is 10.0 Å². The summed E-state index contributed by atoms with van der Waals surface area (Å²) >= 11 is 0.727. The molecular weight excluding hydrogens is 353 g/mol. The maximum atomic E-state index is 13.1. The molecule has 0 aliphatic rings. The van der Waals surface area contributed by atoms with E-state index in [-0.39, 0.29) is 16.5 Å². The third kappa shape index (κ3) is 4.50. The van der Waals surface area contributed by atoms with Crippen LogP contribution < -0.4 is 4.72 Å². The number of aromatic nitrogens is 1. The Kier molecular flexibility index (Phi) is 5.40. The summed E-state index contributed by atoms with van der Waals surface area (Å²) in [5.41, 5.74) is 0.535. The minimum atomic E-state index is -4.80. The van der Waals surface area contributed by atoms with Gasteiger partial charge >= 0.3 is 6.18 Å². The quantitative estimate of drug-likeness (QED) is 0.854. The highest BCUT2D eigenvalue weighted by Gasteiger charge is 2.45. The topological polar surface area (TPSA) is 68.3 Å². The van der Waals surface area contributed by atoms with Gasteiger partial charge in [-0.3, -0.25) is 0 Å². The molecule has 0 amide bonds. The molecular formula is C13H13F3N2O3S2. The average molecular weight is 366 g/mol. The standard InChI is InChI=1S/C13H13F3N2O3S2/c1-21-8-9-3-2-4-10(7-9)23(19,20)18-11(13(14,15)16)12-17-5-6-22-12/h2-7,11,18H,8H2,1H3. The number of rotatable bonds is 6. The monoisotopic (exact) mass is 366 g/mol. The molecule has 126 valence electrons. The summed E-state index contributed by atoms with van der Waals surface area (Å²) in [6.07, 6.45) is -3.61. The summed E-state index contributed by atoms with van der Waals surface area (Å²) in [7, 11) is -2.94. The van der Waals surface area contributed by atoms with E-state index in [1.165, 1.54) is 36.9 Å². The molecule has 1 aromatic heterocycles. The van der Waals surface area contributed by atoms with E-state index in [9.17, 15) is 21.6 Å². The molecule has 23 heavy (non-hydrogen) atoms. The molecule has 0 fully saturated rings. The van der Waals surface area contributed by atoms with Gasteiger partial charge in [0.25, 0.3) is 0 Å². The van der Waals surface area contributed by atoms with Crippen LogP contribution in [-0.2, 0) is 21.4 Å². The van der Waals surface area contributed by atoms with Gasteiger partial charge < -0.3 is 4.74 Å². The lowest BCUT2D eigenvalue weighted by atomic mass is 10.2. The van der Waals surface area contributed by atoms with E-state index in [0.29, 0.717) is 5.56 Å². The zero-order chi connectivity index (χ0) is 17.1. The molecule has 1 aromatic carbocycles. The first-order valence-corrected chi connectivity index (χ1v) is 8.66. The summed E-state index contributed by atoms with van der Waals surface area (Å²) in [6.45, 7) is 0.151. The molecule has 1 heterocycles. The van der Waals surface area contributed by atoms with Crippen LogP contribution in [0.5, 0.6) is 0 Å². The highest BCUT2D eigenvalue weighted by molar-refractivity contribution is 7.89. The second kappa shape index (κ2) is 6.95. The minimum absolute atomic E-state index is 0.151. The third-order valence-corrected chi connectivity index (χ3v) is 5.08. The van der Waals surface area contributed by atoms with Crippen molar-refractivity contribution in [3.8, 4) is 0 Å². The molecule has 10 heteroatoms. The number of nitrogens with zero attached hydrogens (tertiary/aromatic N) is 1. The number of sulfonamides is 1. The van der Waals surface area contributed by atoms with Gasteiger partial charge in [-0.2, -0.15) is 17.9 Å². The van der Waals surface area contributed by atoms with Crippen LogP contribution in [0.15, 0.2) is 40.7 Å². The van der Waals surface area contributed by atoms with Crippen LogP contribution in [0.2, 0.25) is 0 Å². The summed E-state index contributed by atoms with van der Waals surface area (Å²) in [5, 5.41) is 0.982. The Morgan fingerprint density at radius 3 is 2.70 bits per heavy atom. The van der Waals surface area contributed by atoms with E-state index >= 15 is 0 Å². The number of halogens is 3. The predicted molar refractivity (Wildman–Crippen MR) is 78.4 cm³/mol.